The van der Waals surface area contributed by atoms with Gasteiger partial charge in [-0.15, -0.1) is 0 Å². The summed E-state index contributed by atoms with van der Waals surface area (Å²) in [6.45, 7) is 11.3. The minimum absolute atomic E-state index is 0.262. The second-order valence-electron chi connectivity index (χ2n) is 11.0. The highest BCUT2D eigenvalue weighted by Gasteiger charge is 2.26. The molecule has 2 aromatic carbocycles. The van der Waals surface area contributed by atoms with Crippen LogP contribution in [0.1, 0.15) is 12.8 Å². The van der Waals surface area contributed by atoms with E-state index >= 15 is 0 Å². The van der Waals surface area contributed by atoms with Crippen molar-refractivity contribution in [2.24, 2.45) is 0 Å². The number of nitrogens with zero attached hydrogens (tertiary/aromatic N) is 5. The van der Waals surface area contributed by atoms with Crippen LogP contribution in [0.4, 0.5) is 21.6 Å². The molecule has 2 N–H and O–H groups in total. The SMILES string of the molecule is CN1CCN(C2CCN(c3ccc(-c4cc5c(Nc6cc(F)ccc6P(C)C)ncnc5[nH]4)cc3)CC2)CC1. The number of aromatic amines is 1. The first-order valence-corrected chi connectivity index (χ1v) is 16.0. The third-order valence-electron chi connectivity index (χ3n) is 8.18. The van der Waals surface area contributed by atoms with Crippen LogP contribution >= 0.6 is 7.92 Å². The van der Waals surface area contributed by atoms with Gasteiger partial charge < -0.3 is 20.1 Å². The first-order chi connectivity index (χ1) is 18.9. The van der Waals surface area contributed by atoms with Gasteiger partial charge in [0.05, 0.1) is 11.1 Å². The molecule has 0 bridgehead atoms. The van der Waals surface area contributed by atoms with Crippen molar-refractivity contribution in [3.63, 3.8) is 0 Å². The van der Waals surface area contributed by atoms with Crippen molar-refractivity contribution in [3.05, 3.63) is 60.7 Å². The molecule has 2 aromatic heterocycles. The Labute approximate surface area is 231 Å². The lowest BCUT2D eigenvalue weighted by Crippen LogP contribution is -2.52. The van der Waals surface area contributed by atoms with Crippen LogP contribution in [-0.4, -0.2) is 90.4 Å². The topological polar surface area (TPSA) is 63.3 Å². The molecule has 2 aliphatic heterocycles. The standard InChI is InChI=1S/C30H37FN7P/c1-36-14-16-38(17-15-36)24-10-12-37(13-11-24)23-7-4-21(5-8-23)26-19-25-29(34-26)32-20-33-30(25)35-27-18-22(31)6-9-28(27)39(2)3/h4-9,18-20,24H,10-17H2,1-3H3,(H2,32,33,34,35). The number of hydrogen-bond donors (Lipinski definition) is 2. The Hall–Kier alpha value is -3.06. The molecule has 2 fully saturated rings. The van der Waals surface area contributed by atoms with Gasteiger partial charge in [0.1, 0.15) is 23.6 Å². The van der Waals surface area contributed by atoms with Crippen molar-refractivity contribution in [1.29, 1.82) is 0 Å². The number of fused-ring (bicyclic) bond motifs is 1. The monoisotopic (exact) mass is 545 g/mol. The van der Waals surface area contributed by atoms with Crippen molar-refractivity contribution in [3.8, 4) is 11.3 Å². The van der Waals surface area contributed by atoms with Crippen LogP contribution in [0.15, 0.2) is 54.9 Å². The van der Waals surface area contributed by atoms with Crippen LogP contribution < -0.4 is 15.5 Å². The molecule has 2 saturated heterocycles. The van der Waals surface area contributed by atoms with Crippen LogP contribution in [0.3, 0.4) is 0 Å². The number of piperidine rings is 1. The normalized spacial score (nSPS) is 17.8. The second-order valence-corrected chi connectivity index (χ2v) is 13.2. The molecule has 2 aliphatic rings. The van der Waals surface area contributed by atoms with Crippen molar-refractivity contribution in [2.45, 2.75) is 18.9 Å². The molecule has 7 nitrogen and oxygen atoms in total. The third-order valence-corrected chi connectivity index (χ3v) is 9.53. The molecule has 9 heteroatoms. The number of aromatic nitrogens is 3. The summed E-state index contributed by atoms with van der Waals surface area (Å²) < 4.78 is 14.1. The number of likely N-dealkylation sites (N-methyl/N-ethyl adjacent to an activating group) is 1. The molecule has 0 aliphatic carbocycles. The first-order valence-electron chi connectivity index (χ1n) is 13.8. The molecule has 4 heterocycles. The Morgan fingerprint density at radius 1 is 0.923 bits per heavy atom. The predicted molar refractivity (Wildman–Crippen MR) is 162 cm³/mol. The highest BCUT2D eigenvalue weighted by atomic mass is 31.1. The van der Waals surface area contributed by atoms with Crippen molar-refractivity contribution in [2.75, 3.05) is 69.9 Å². The predicted octanol–water partition coefficient (Wildman–Crippen LogP) is 5.09. The molecule has 6 rings (SSSR count). The highest BCUT2D eigenvalue weighted by molar-refractivity contribution is 7.64. The highest BCUT2D eigenvalue weighted by Crippen LogP contribution is 2.33. The molecule has 4 aromatic rings. The number of rotatable bonds is 6. The van der Waals surface area contributed by atoms with Gasteiger partial charge in [0.25, 0.3) is 0 Å². The Bertz CT molecular complexity index is 1420. The summed E-state index contributed by atoms with van der Waals surface area (Å²) in [6, 6.07) is 16.5. The third kappa shape index (κ3) is 5.65. The minimum Gasteiger partial charge on any atom is -0.371 e. The van der Waals surface area contributed by atoms with Gasteiger partial charge in [-0.25, -0.2) is 14.4 Å². The van der Waals surface area contributed by atoms with Crippen molar-refractivity contribution >= 4 is 41.5 Å². The van der Waals surface area contributed by atoms with E-state index in [1.54, 1.807) is 12.4 Å². The molecule has 0 saturated carbocycles. The summed E-state index contributed by atoms with van der Waals surface area (Å²) in [6.07, 6.45) is 4.00. The van der Waals surface area contributed by atoms with Gasteiger partial charge in [0.2, 0.25) is 0 Å². The molecule has 0 spiro atoms. The fourth-order valence-electron chi connectivity index (χ4n) is 5.85. The number of halogens is 1. The van der Waals surface area contributed by atoms with Gasteiger partial charge in [0, 0.05) is 56.7 Å². The Morgan fingerprint density at radius 3 is 2.38 bits per heavy atom. The van der Waals surface area contributed by atoms with E-state index in [0.29, 0.717) is 5.82 Å². The van der Waals surface area contributed by atoms with Gasteiger partial charge in [-0.2, -0.15) is 0 Å². The van der Waals surface area contributed by atoms with E-state index in [-0.39, 0.29) is 5.82 Å². The zero-order valence-corrected chi connectivity index (χ0v) is 23.9. The molecule has 0 unspecified atom stereocenters. The number of H-pyrrole nitrogens is 1. The number of benzene rings is 2. The summed E-state index contributed by atoms with van der Waals surface area (Å²) in [5.74, 6) is 0.410. The fraction of sp³-hybridized carbons (Fsp3) is 0.400. The molecule has 204 valence electrons. The lowest BCUT2D eigenvalue weighted by molar-refractivity contribution is 0.0982. The van der Waals surface area contributed by atoms with Gasteiger partial charge in [-0.05, 0) is 80.5 Å². The maximum atomic E-state index is 14.1. The van der Waals surface area contributed by atoms with Crippen LogP contribution in [0.25, 0.3) is 22.3 Å². The maximum absolute atomic E-state index is 14.1. The van der Waals surface area contributed by atoms with Gasteiger partial charge in [0.15, 0.2) is 0 Å². The van der Waals surface area contributed by atoms with Crippen LogP contribution in [0.5, 0.6) is 0 Å². The van der Waals surface area contributed by atoms with Crippen LogP contribution in [-0.2, 0) is 0 Å². The summed E-state index contributed by atoms with van der Waals surface area (Å²) in [7, 11) is 1.82. The lowest BCUT2D eigenvalue weighted by atomic mass is 10.0. The molecule has 0 radical (unpaired) electrons. The van der Waals surface area contributed by atoms with Gasteiger partial charge >= 0.3 is 0 Å². The summed E-state index contributed by atoms with van der Waals surface area (Å²) in [5.41, 5.74) is 4.89. The van der Waals surface area contributed by atoms with E-state index in [9.17, 15) is 4.39 Å². The van der Waals surface area contributed by atoms with Crippen molar-refractivity contribution < 1.29 is 4.39 Å². The zero-order valence-electron chi connectivity index (χ0n) is 23.0. The Balaban J connectivity index is 1.16. The Morgan fingerprint density at radius 2 is 1.67 bits per heavy atom. The molecule has 0 amide bonds. The number of piperazine rings is 1. The average molecular weight is 546 g/mol. The second kappa shape index (κ2) is 11.2. The first kappa shape index (κ1) is 26.2. The van der Waals surface area contributed by atoms with E-state index in [4.69, 9.17) is 0 Å². The van der Waals surface area contributed by atoms with E-state index in [1.165, 1.54) is 50.8 Å². The summed E-state index contributed by atoms with van der Waals surface area (Å²) in [4.78, 5) is 20.0. The zero-order chi connectivity index (χ0) is 26.9. The molecule has 39 heavy (non-hydrogen) atoms. The van der Waals surface area contributed by atoms with Gasteiger partial charge in [-0.3, -0.25) is 4.90 Å². The lowest BCUT2D eigenvalue weighted by Gasteiger charge is -2.42. The smallest absolute Gasteiger partial charge is 0.143 e. The van der Waals surface area contributed by atoms with E-state index < -0.39 is 7.92 Å². The molecule has 0 atom stereocenters. The summed E-state index contributed by atoms with van der Waals surface area (Å²) >= 11 is 0. The molecular weight excluding hydrogens is 508 g/mol. The number of nitrogens with one attached hydrogen (secondary N) is 2. The van der Waals surface area contributed by atoms with Crippen LogP contribution in [0.2, 0.25) is 0 Å². The summed E-state index contributed by atoms with van der Waals surface area (Å²) in [5, 5.41) is 5.37. The van der Waals surface area contributed by atoms with Crippen molar-refractivity contribution in [1.82, 2.24) is 24.8 Å². The average Bonchev–Trinajstić information content (AvgIpc) is 3.39. The fourth-order valence-corrected chi connectivity index (χ4v) is 6.82. The maximum Gasteiger partial charge on any atom is 0.143 e. The van der Waals surface area contributed by atoms with E-state index in [2.05, 4.69) is 85.7 Å². The van der Waals surface area contributed by atoms with Crippen LogP contribution in [0, 0.1) is 5.82 Å². The quantitative estimate of drug-likeness (QED) is 0.329. The van der Waals surface area contributed by atoms with Gasteiger partial charge in [-0.1, -0.05) is 20.1 Å². The largest absolute Gasteiger partial charge is 0.371 e. The van der Waals surface area contributed by atoms with E-state index in [0.717, 1.165) is 52.4 Å². The number of hydrogen-bond acceptors (Lipinski definition) is 6. The Kier molecular flexibility index (Phi) is 7.52. The number of anilines is 3. The van der Waals surface area contributed by atoms with E-state index in [1.807, 2.05) is 6.07 Å². The minimum atomic E-state index is -0.404. The molecular formula is C30H37FN7P.